The third-order valence-electron chi connectivity index (χ3n) is 7.36. The fraction of sp³-hybridized carbons (Fsp3) is 0.560. The Morgan fingerprint density at radius 1 is 1.17 bits per heavy atom. The SMILES string of the molecule is COc1nccc(Sc2cnc(N3CCC4(CCC[C@H]4N[S@@+]([O-])C(C)(C)C)CC3)n3ccnc23)c1Cl. The minimum absolute atomic E-state index is 0.207. The Balaban J connectivity index is 1.33. The first-order chi connectivity index (χ1) is 17.2. The second kappa shape index (κ2) is 10.2. The average molecular weight is 549 g/mol. The monoisotopic (exact) mass is 548 g/mol. The standard InChI is InChI=1S/C25H33ClN6O2S2/c1-24(2,3)36(33)30-19-6-5-8-25(19)9-13-31(14-10-25)23-29-16-18(21-27-12-15-32(21)23)35-17-7-11-28-22(34-4)20(17)26/h7,11-12,15-16,19,30H,5-6,8-10,13-14H2,1-4H3/t19-,36+/m1/s1. The molecule has 11 heteroatoms. The molecule has 0 bridgehead atoms. The molecule has 1 aliphatic carbocycles. The number of hydrogen-bond donors (Lipinski definition) is 1. The maximum atomic E-state index is 12.8. The molecular weight excluding hydrogens is 516 g/mol. The number of imidazole rings is 1. The van der Waals surface area contributed by atoms with Crippen molar-refractivity contribution in [3.63, 3.8) is 0 Å². The van der Waals surface area contributed by atoms with E-state index in [1.54, 1.807) is 13.3 Å². The molecule has 1 spiro atoms. The lowest BCUT2D eigenvalue weighted by Gasteiger charge is -2.44. The number of fused-ring (bicyclic) bond motifs is 1. The smallest absolute Gasteiger partial charge is 0.233 e. The predicted octanol–water partition coefficient (Wildman–Crippen LogP) is 5.13. The number of nitrogens with zero attached hydrogens (tertiary/aromatic N) is 5. The Hall–Kier alpha value is -1.72. The number of rotatable bonds is 6. The largest absolute Gasteiger partial charge is 0.598 e. The maximum Gasteiger partial charge on any atom is 0.233 e. The van der Waals surface area contributed by atoms with E-state index >= 15 is 0 Å². The van der Waals surface area contributed by atoms with E-state index in [0.29, 0.717) is 16.9 Å². The van der Waals surface area contributed by atoms with E-state index in [1.807, 2.05) is 45.4 Å². The van der Waals surface area contributed by atoms with Crippen LogP contribution >= 0.6 is 23.4 Å². The van der Waals surface area contributed by atoms with Crippen LogP contribution in [0.25, 0.3) is 5.65 Å². The lowest BCUT2D eigenvalue weighted by Crippen LogP contribution is -2.53. The number of methoxy groups -OCH3 is 1. The van der Waals surface area contributed by atoms with E-state index in [2.05, 4.69) is 24.0 Å². The van der Waals surface area contributed by atoms with Gasteiger partial charge in [0.15, 0.2) is 5.65 Å². The molecule has 0 radical (unpaired) electrons. The second-order valence-electron chi connectivity index (χ2n) is 10.6. The minimum atomic E-state index is -1.05. The van der Waals surface area contributed by atoms with Crippen molar-refractivity contribution < 1.29 is 9.29 Å². The first kappa shape index (κ1) is 25.9. The van der Waals surface area contributed by atoms with Crippen LogP contribution in [-0.4, -0.2) is 54.9 Å². The molecule has 0 unspecified atom stereocenters. The summed E-state index contributed by atoms with van der Waals surface area (Å²) < 4.78 is 23.4. The fourth-order valence-corrected chi connectivity index (χ4v) is 7.49. The van der Waals surface area contributed by atoms with Gasteiger partial charge in [-0.15, -0.1) is 4.72 Å². The van der Waals surface area contributed by atoms with E-state index < -0.39 is 11.4 Å². The Kier molecular flexibility index (Phi) is 7.35. The van der Waals surface area contributed by atoms with Crippen molar-refractivity contribution in [2.45, 2.75) is 73.5 Å². The molecule has 3 aromatic rings. The van der Waals surface area contributed by atoms with Gasteiger partial charge in [-0.1, -0.05) is 29.8 Å². The number of nitrogens with one attached hydrogen (secondary N) is 1. The summed E-state index contributed by atoms with van der Waals surface area (Å²) in [6.07, 6.45) is 12.9. The number of hydrogen-bond acceptors (Lipinski definition) is 8. The summed E-state index contributed by atoms with van der Waals surface area (Å²) in [6.45, 7) is 7.93. The molecule has 1 aliphatic heterocycles. The average Bonchev–Trinajstić information content (AvgIpc) is 3.49. The quantitative estimate of drug-likeness (QED) is 0.424. The van der Waals surface area contributed by atoms with Crippen molar-refractivity contribution in [2.75, 3.05) is 25.1 Å². The number of ether oxygens (including phenoxy) is 1. The summed E-state index contributed by atoms with van der Waals surface area (Å²) in [6, 6.07) is 2.17. The van der Waals surface area contributed by atoms with Crippen molar-refractivity contribution in [3.05, 3.63) is 35.9 Å². The Morgan fingerprint density at radius 3 is 2.67 bits per heavy atom. The summed E-state index contributed by atoms with van der Waals surface area (Å²) in [7, 11) is 1.56. The van der Waals surface area contributed by atoms with E-state index in [4.69, 9.17) is 21.3 Å². The predicted molar refractivity (Wildman–Crippen MR) is 145 cm³/mol. The van der Waals surface area contributed by atoms with Gasteiger partial charge < -0.3 is 14.2 Å². The van der Waals surface area contributed by atoms with Crippen LogP contribution in [0.1, 0.15) is 52.9 Å². The van der Waals surface area contributed by atoms with Gasteiger partial charge in [-0.3, -0.25) is 4.40 Å². The summed E-state index contributed by atoms with van der Waals surface area (Å²) in [4.78, 5) is 17.8. The van der Waals surface area contributed by atoms with E-state index in [9.17, 15) is 4.55 Å². The Morgan fingerprint density at radius 2 is 1.94 bits per heavy atom. The molecule has 2 aliphatic rings. The first-order valence-electron chi connectivity index (χ1n) is 12.3. The molecule has 1 saturated heterocycles. The van der Waals surface area contributed by atoms with Gasteiger partial charge in [-0.05, 0) is 57.9 Å². The van der Waals surface area contributed by atoms with Crippen LogP contribution in [0.2, 0.25) is 5.02 Å². The Bertz CT molecular complexity index is 1220. The molecular formula is C25H33ClN6O2S2. The van der Waals surface area contributed by atoms with E-state index in [0.717, 1.165) is 53.7 Å². The fourth-order valence-electron chi connectivity index (χ4n) is 5.32. The van der Waals surface area contributed by atoms with Gasteiger partial charge in [0.2, 0.25) is 11.8 Å². The van der Waals surface area contributed by atoms with Gasteiger partial charge in [-0.25, -0.2) is 15.0 Å². The van der Waals surface area contributed by atoms with Crippen molar-refractivity contribution in [3.8, 4) is 5.88 Å². The lowest BCUT2D eigenvalue weighted by atomic mass is 9.74. The first-order valence-corrected chi connectivity index (χ1v) is 14.7. The van der Waals surface area contributed by atoms with Gasteiger partial charge in [0.05, 0.1) is 18.0 Å². The normalized spacial score (nSPS) is 20.8. The summed E-state index contributed by atoms with van der Waals surface area (Å²) in [5.41, 5.74) is 1.05. The summed E-state index contributed by atoms with van der Waals surface area (Å²) in [5.74, 6) is 1.31. The zero-order chi connectivity index (χ0) is 25.5. The van der Waals surface area contributed by atoms with E-state index in [1.165, 1.54) is 24.6 Å². The van der Waals surface area contributed by atoms with Gasteiger partial charge in [0.25, 0.3) is 0 Å². The lowest BCUT2D eigenvalue weighted by molar-refractivity contribution is 0.186. The van der Waals surface area contributed by atoms with Crippen molar-refractivity contribution in [1.29, 1.82) is 0 Å². The van der Waals surface area contributed by atoms with Crippen LogP contribution in [0, 0.1) is 5.41 Å². The molecule has 2 fully saturated rings. The molecule has 1 N–H and O–H groups in total. The van der Waals surface area contributed by atoms with Crippen LogP contribution in [0.3, 0.4) is 0 Å². The molecule has 194 valence electrons. The van der Waals surface area contributed by atoms with Crippen LogP contribution in [-0.2, 0) is 11.4 Å². The topological polar surface area (TPSA) is 90.6 Å². The molecule has 5 rings (SSSR count). The van der Waals surface area contributed by atoms with Gasteiger partial charge in [0, 0.05) is 54.1 Å². The number of halogens is 1. The van der Waals surface area contributed by atoms with Crippen LogP contribution < -0.4 is 14.4 Å². The van der Waals surface area contributed by atoms with Gasteiger partial charge in [-0.2, -0.15) is 0 Å². The number of pyridine rings is 1. The number of aromatic nitrogens is 4. The maximum absolute atomic E-state index is 12.8. The second-order valence-corrected chi connectivity index (χ2v) is 14.0. The van der Waals surface area contributed by atoms with Gasteiger partial charge in [0.1, 0.15) is 9.77 Å². The number of anilines is 1. The summed E-state index contributed by atoms with van der Waals surface area (Å²) >= 11 is 6.93. The highest BCUT2D eigenvalue weighted by Gasteiger charge is 2.48. The molecule has 0 aromatic carbocycles. The zero-order valence-corrected chi connectivity index (χ0v) is 23.5. The molecule has 0 amide bonds. The van der Waals surface area contributed by atoms with Crippen molar-refractivity contribution in [2.24, 2.45) is 5.41 Å². The van der Waals surface area contributed by atoms with Crippen LogP contribution in [0.5, 0.6) is 5.88 Å². The molecule has 4 heterocycles. The summed E-state index contributed by atoms with van der Waals surface area (Å²) in [5, 5.41) is 0.479. The highest BCUT2D eigenvalue weighted by molar-refractivity contribution is 7.99. The van der Waals surface area contributed by atoms with Crippen LogP contribution in [0.15, 0.2) is 40.6 Å². The third-order valence-corrected chi connectivity index (χ3v) is 10.5. The van der Waals surface area contributed by atoms with Crippen LogP contribution in [0.4, 0.5) is 5.95 Å². The Labute approximate surface area is 224 Å². The van der Waals surface area contributed by atoms with Crippen molar-refractivity contribution >= 4 is 46.3 Å². The highest BCUT2D eigenvalue weighted by Crippen LogP contribution is 2.47. The molecule has 1 saturated carbocycles. The zero-order valence-electron chi connectivity index (χ0n) is 21.2. The molecule has 3 aromatic heterocycles. The van der Waals surface area contributed by atoms with E-state index in [-0.39, 0.29) is 10.2 Å². The highest BCUT2D eigenvalue weighted by atomic mass is 35.5. The molecule has 2 atom stereocenters. The van der Waals surface area contributed by atoms with Crippen molar-refractivity contribution in [1.82, 2.24) is 24.1 Å². The molecule has 36 heavy (non-hydrogen) atoms. The minimum Gasteiger partial charge on any atom is -0.598 e. The van der Waals surface area contributed by atoms with Gasteiger partial charge >= 0.3 is 0 Å². The third kappa shape index (κ3) is 4.90. The number of piperidine rings is 1. The molecule has 8 nitrogen and oxygen atoms in total.